The molecule has 4 aromatic rings. The summed E-state index contributed by atoms with van der Waals surface area (Å²) in [6.45, 7) is 7.43. The van der Waals surface area contributed by atoms with Gasteiger partial charge in [0, 0.05) is 65.5 Å². The minimum absolute atomic E-state index is 0.0976. The van der Waals surface area contributed by atoms with E-state index < -0.39 is 11.5 Å². The van der Waals surface area contributed by atoms with Crippen molar-refractivity contribution in [2.75, 3.05) is 19.6 Å². The highest BCUT2D eigenvalue weighted by Crippen LogP contribution is 2.40. The maximum Gasteiger partial charge on any atom is 0.253 e. The van der Waals surface area contributed by atoms with E-state index in [0.717, 1.165) is 70.9 Å². The highest BCUT2D eigenvalue weighted by molar-refractivity contribution is 7.15. The molecule has 2 aromatic carbocycles. The second-order valence-corrected chi connectivity index (χ2v) is 17.2. The Labute approximate surface area is 341 Å². The number of hydrogen-bond acceptors (Lipinski definition) is 9. The molecule has 1 unspecified atom stereocenters. The number of unbranched alkanes of at least 4 members (excludes halogenated alkanes) is 4. The second-order valence-electron chi connectivity index (χ2n) is 15.5. The summed E-state index contributed by atoms with van der Waals surface area (Å²) in [7, 11) is 0. The number of amides is 4. The van der Waals surface area contributed by atoms with Crippen molar-refractivity contribution in [3.63, 3.8) is 0 Å². The largest absolute Gasteiger partial charge is 0.356 e. The van der Waals surface area contributed by atoms with E-state index in [-0.39, 0.29) is 48.7 Å². The summed E-state index contributed by atoms with van der Waals surface area (Å²) in [4.78, 5) is 71.7. The fraction of sp³-hybridized carbons (Fsp3) is 0.442. The van der Waals surface area contributed by atoms with Gasteiger partial charge in [0.05, 0.1) is 17.5 Å². The van der Waals surface area contributed by atoms with Crippen molar-refractivity contribution in [1.82, 2.24) is 30.3 Å². The maximum atomic E-state index is 13.3. The van der Waals surface area contributed by atoms with E-state index in [1.54, 1.807) is 34.4 Å². The van der Waals surface area contributed by atoms with Crippen LogP contribution in [-0.4, -0.2) is 74.4 Å². The van der Waals surface area contributed by atoms with Crippen LogP contribution >= 0.6 is 22.9 Å². The standard InChI is InChI=1S/C43H48ClN7O5S/c1-26-27(2)57-41-37(26)38(30-13-15-32(44)16-14-30)46-34(39-49-48-28(3)51(39)41)24-36(54)45-20-8-6-4-5-7-12-33(52)23-29-10-9-11-31(22-29)40(55)50-21-19-43(25-50)18-17-35(53)47-42(43)56/h9-11,13-16,22,34H,4-8,12,17-21,23-25H2,1-3H3,(H,45,54)(H,47,53,56)/t34-,43?/m0/s1. The quantitative estimate of drug-likeness (QED) is 0.106. The van der Waals surface area contributed by atoms with Gasteiger partial charge in [0.2, 0.25) is 17.7 Å². The molecule has 0 bridgehead atoms. The maximum absolute atomic E-state index is 13.3. The van der Waals surface area contributed by atoms with Crippen molar-refractivity contribution in [1.29, 1.82) is 0 Å². The first-order chi connectivity index (χ1) is 27.4. The normalized spacial score (nSPS) is 18.8. The predicted molar refractivity (Wildman–Crippen MR) is 219 cm³/mol. The Balaban J connectivity index is 0.843. The number of nitrogens with one attached hydrogen (secondary N) is 2. The zero-order valence-electron chi connectivity index (χ0n) is 32.7. The minimum atomic E-state index is -0.697. The Morgan fingerprint density at radius 1 is 0.982 bits per heavy atom. The minimum Gasteiger partial charge on any atom is -0.356 e. The molecule has 0 radical (unpaired) electrons. The lowest BCUT2D eigenvalue weighted by Gasteiger charge is -2.31. The number of aliphatic imine (C=N–C) groups is 1. The van der Waals surface area contributed by atoms with Gasteiger partial charge in [0.15, 0.2) is 5.82 Å². The van der Waals surface area contributed by atoms with Crippen LogP contribution in [0.5, 0.6) is 0 Å². The first-order valence-electron chi connectivity index (χ1n) is 19.8. The van der Waals surface area contributed by atoms with Gasteiger partial charge in [-0.2, -0.15) is 0 Å². The summed E-state index contributed by atoms with van der Waals surface area (Å²) >= 11 is 7.90. The van der Waals surface area contributed by atoms with Crippen molar-refractivity contribution >= 4 is 58.1 Å². The summed E-state index contributed by atoms with van der Waals surface area (Å²) < 4.78 is 2.04. The molecule has 57 heavy (non-hydrogen) atoms. The third kappa shape index (κ3) is 8.79. The lowest BCUT2D eigenvalue weighted by Crippen LogP contribution is -2.50. The Morgan fingerprint density at radius 3 is 2.54 bits per heavy atom. The number of likely N-dealkylation sites (tertiary alicyclic amines) is 1. The van der Waals surface area contributed by atoms with Gasteiger partial charge < -0.3 is 10.2 Å². The summed E-state index contributed by atoms with van der Waals surface area (Å²) in [5.74, 6) is 0.719. The number of piperidine rings is 1. The molecule has 3 aliphatic heterocycles. The zero-order valence-corrected chi connectivity index (χ0v) is 34.2. The number of carbonyl (C=O) groups excluding carboxylic acids is 5. The van der Waals surface area contributed by atoms with Crippen LogP contribution in [0.2, 0.25) is 5.02 Å². The lowest BCUT2D eigenvalue weighted by atomic mass is 9.79. The number of nitrogens with zero attached hydrogens (tertiary/aromatic N) is 5. The number of halogens is 1. The van der Waals surface area contributed by atoms with Crippen LogP contribution in [0.1, 0.15) is 119 Å². The molecule has 2 N–H and O–H groups in total. The Kier molecular flexibility index (Phi) is 12.2. The molecule has 1 spiro atoms. The van der Waals surface area contributed by atoms with E-state index in [0.29, 0.717) is 55.3 Å². The Bertz CT molecular complexity index is 2250. The van der Waals surface area contributed by atoms with Crippen LogP contribution in [0, 0.1) is 26.2 Å². The summed E-state index contributed by atoms with van der Waals surface area (Å²) in [5.41, 5.74) is 4.51. The number of Topliss-reactive ketones (excluding diaryl/α,β-unsaturated/α-hetero) is 1. The third-order valence-electron chi connectivity index (χ3n) is 11.5. The molecule has 12 nitrogen and oxygen atoms in total. The molecule has 0 aliphatic carbocycles. The Hall–Kier alpha value is -5.01. The molecule has 0 saturated carbocycles. The zero-order chi connectivity index (χ0) is 40.3. The predicted octanol–water partition coefficient (Wildman–Crippen LogP) is 6.73. The molecule has 14 heteroatoms. The van der Waals surface area contributed by atoms with Crippen LogP contribution in [0.3, 0.4) is 0 Å². The van der Waals surface area contributed by atoms with Crippen molar-refractivity contribution in [3.05, 3.63) is 97.9 Å². The van der Waals surface area contributed by atoms with Gasteiger partial charge >= 0.3 is 0 Å². The molecule has 5 heterocycles. The van der Waals surface area contributed by atoms with Crippen LogP contribution in [0.25, 0.3) is 5.00 Å². The summed E-state index contributed by atoms with van der Waals surface area (Å²) in [6.07, 6.45) is 6.57. The number of carbonyl (C=O) groups is 5. The lowest BCUT2D eigenvalue weighted by molar-refractivity contribution is -0.141. The monoisotopic (exact) mass is 809 g/mol. The van der Waals surface area contributed by atoms with Gasteiger partial charge in [-0.05, 0) is 81.8 Å². The van der Waals surface area contributed by atoms with E-state index in [1.165, 1.54) is 4.88 Å². The molecule has 4 amide bonds. The van der Waals surface area contributed by atoms with Gasteiger partial charge in [-0.25, -0.2) is 0 Å². The van der Waals surface area contributed by atoms with Gasteiger partial charge in [0.25, 0.3) is 5.91 Å². The summed E-state index contributed by atoms with van der Waals surface area (Å²) in [5, 5.41) is 16.0. The first-order valence-corrected chi connectivity index (χ1v) is 21.0. The third-order valence-corrected chi connectivity index (χ3v) is 12.9. The smallest absolute Gasteiger partial charge is 0.253 e. The van der Waals surface area contributed by atoms with E-state index in [9.17, 15) is 24.0 Å². The van der Waals surface area contributed by atoms with Gasteiger partial charge in [-0.15, -0.1) is 21.5 Å². The molecular formula is C43H48ClN7O5S. The number of aromatic nitrogens is 3. The van der Waals surface area contributed by atoms with Crippen LogP contribution in [-0.2, 0) is 25.6 Å². The van der Waals surface area contributed by atoms with Crippen molar-refractivity contribution < 1.29 is 24.0 Å². The second kappa shape index (κ2) is 17.2. The molecule has 2 aromatic heterocycles. The van der Waals surface area contributed by atoms with Gasteiger partial charge in [-0.3, -0.25) is 38.8 Å². The highest BCUT2D eigenvalue weighted by atomic mass is 35.5. The first kappa shape index (κ1) is 40.2. The number of fused-ring (bicyclic) bond motifs is 3. The number of imide groups is 1. The van der Waals surface area contributed by atoms with E-state index >= 15 is 0 Å². The van der Waals surface area contributed by atoms with E-state index in [4.69, 9.17) is 16.6 Å². The SMILES string of the molecule is Cc1sc2c(c1C)C(c1ccc(Cl)cc1)=N[C@@H](CC(=O)NCCCCCCCC(=O)Cc1cccc(C(=O)N3CCC4(CCC(=O)NC4=O)C3)c1)c1nnc(C)n1-2. The van der Waals surface area contributed by atoms with Crippen LogP contribution in [0.15, 0.2) is 53.5 Å². The summed E-state index contributed by atoms with van der Waals surface area (Å²) in [6, 6.07) is 14.3. The number of ketones is 1. The van der Waals surface area contributed by atoms with E-state index in [2.05, 4.69) is 34.7 Å². The molecule has 2 fully saturated rings. The molecule has 7 rings (SSSR count). The van der Waals surface area contributed by atoms with Crippen molar-refractivity contribution in [2.45, 2.75) is 97.4 Å². The molecular weight excluding hydrogens is 762 g/mol. The number of rotatable bonds is 14. The van der Waals surface area contributed by atoms with E-state index in [1.807, 2.05) is 41.8 Å². The highest BCUT2D eigenvalue weighted by Gasteiger charge is 2.48. The fourth-order valence-corrected chi connectivity index (χ4v) is 9.46. The van der Waals surface area contributed by atoms with Crippen molar-refractivity contribution in [3.8, 4) is 5.00 Å². The average Bonchev–Trinajstić information content (AvgIpc) is 3.85. The number of thiophene rings is 1. The van der Waals surface area contributed by atoms with Gasteiger partial charge in [-0.1, -0.05) is 55.1 Å². The van der Waals surface area contributed by atoms with Crippen LogP contribution in [0.4, 0.5) is 0 Å². The molecule has 3 aliphatic rings. The average molecular weight is 810 g/mol. The topological polar surface area (TPSA) is 156 Å². The molecule has 2 atom stereocenters. The molecule has 298 valence electrons. The number of benzene rings is 2. The van der Waals surface area contributed by atoms with Crippen molar-refractivity contribution in [2.24, 2.45) is 10.4 Å². The molecule has 2 saturated heterocycles. The van der Waals surface area contributed by atoms with Crippen LogP contribution < -0.4 is 10.6 Å². The van der Waals surface area contributed by atoms with Gasteiger partial charge in [0.1, 0.15) is 22.7 Å². The fourth-order valence-electron chi connectivity index (χ4n) is 8.12. The Morgan fingerprint density at radius 2 is 1.75 bits per heavy atom. The number of aryl methyl sites for hydroxylation is 2. The number of hydrogen-bond donors (Lipinski definition) is 2.